The topological polar surface area (TPSA) is 58.6 Å². The van der Waals surface area contributed by atoms with Crippen LogP contribution in [-0.4, -0.2) is 35.4 Å². The molecule has 1 saturated carbocycles. The SMILES string of the molecule is Cc1cccc(CN(C(=O)COc2cccc(C)c2C)[C@H](Cc2ccccc2)C(=O)NC2CCCCC2)c1. The van der Waals surface area contributed by atoms with Gasteiger partial charge in [-0.2, -0.15) is 0 Å². The van der Waals surface area contributed by atoms with Crippen molar-refractivity contribution in [1.82, 2.24) is 10.2 Å². The highest BCUT2D eigenvalue weighted by molar-refractivity contribution is 5.88. The van der Waals surface area contributed by atoms with Gasteiger partial charge in [0.2, 0.25) is 5.91 Å². The highest BCUT2D eigenvalue weighted by Crippen LogP contribution is 2.22. The molecule has 0 unspecified atom stereocenters. The predicted molar refractivity (Wildman–Crippen MR) is 152 cm³/mol. The molecule has 3 aromatic rings. The van der Waals surface area contributed by atoms with E-state index in [9.17, 15) is 9.59 Å². The third-order valence-electron chi connectivity index (χ3n) is 7.56. The van der Waals surface area contributed by atoms with Crippen LogP contribution in [0.5, 0.6) is 5.75 Å². The lowest BCUT2D eigenvalue weighted by Gasteiger charge is -2.33. The van der Waals surface area contributed by atoms with Crippen LogP contribution >= 0.6 is 0 Å². The molecule has 1 N–H and O–H groups in total. The highest BCUT2D eigenvalue weighted by Gasteiger charge is 2.32. The normalized spacial score (nSPS) is 14.5. The molecule has 5 nitrogen and oxygen atoms in total. The Bertz CT molecular complexity index is 1220. The number of nitrogens with zero attached hydrogens (tertiary/aromatic N) is 1. The quantitative estimate of drug-likeness (QED) is 0.358. The fourth-order valence-electron chi connectivity index (χ4n) is 5.21. The van der Waals surface area contributed by atoms with Crippen LogP contribution in [0.3, 0.4) is 0 Å². The number of hydrogen-bond donors (Lipinski definition) is 1. The molecule has 0 heterocycles. The van der Waals surface area contributed by atoms with Gasteiger partial charge in [-0.1, -0.05) is 91.6 Å². The van der Waals surface area contributed by atoms with E-state index in [2.05, 4.69) is 11.4 Å². The Morgan fingerprint density at radius 3 is 2.34 bits per heavy atom. The Hall–Kier alpha value is -3.60. The second-order valence-corrected chi connectivity index (χ2v) is 10.5. The third kappa shape index (κ3) is 7.47. The van der Waals surface area contributed by atoms with E-state index in [0.717, 1.165) is 53.5 Å². The maximum Gasteiger partial charge on any atom is 0.261 e. The van der Waals surface area contributed by atoms with Crippen LogP contribution in [0.4, 0.5) is 0 Å². The van der Waals surface area contributed by atoms with Crippen LogP contribution in [0.1, 0.15) is 59.9 Å². The summed E-state index contributed by atoms with van der Waals surface area (Å²) in [6, 6.07) is 23.4. The van der Waals surface area contributed by atoms with E-state index >= 15 is 0 Å². The van der Waals surface area contributed by atoms with E-state index in [4.69, 9.17) is 4.74 Å². The zero-order chi connectivity index (χ0) is 26.9. The van der Waals surface area contributed by atoms with Gasteiger partial charge in [0.1, 0.15) is 11.8 Å². The summed E-state index contributed by atoms with van der Waals surface area (Å²) in [7, 11) is 0. The van der Waals surface area contributed by atoms with E-state index in [0.29, 0.717) is 18.7 Å². The maximum absolute atomic E-state index is 13.9. The van der Waals surface area contributed by atoms with E-state index in [-0.39, 0.29) is 24.5 Å². The van der Waals surface area contributed by atoms with Crippen LogP contribution < -0.4 is 10.1 Å². The molecule has 0 radical (unpaired) electrons. The average molecular weight is 513 g/mol. The zero-order valence-corrected chi connectivity index (χ0v) is 22.9. The summed E-state index contributed by atoms with van der Waals surface area (Å²) in [4.78, 5) is 29.4. The first-order valence-electron chi connectivity index (χ1n) is 13.8. The molecule has 0 bridgehead atoms. The lowest BCUT2D eigenvalue weighted by molar-refractivity contribution is -0.143. The minimum atomic E-state index is -0.644. The summed E-state index contributed by atoms with van der Waals surface area (Å²) in [6.07, 6.45) is 5.90. The highest BCUT2D eigenvalue weighted by atomic mass is 16.5. The minimum Gasteiger partial charge on any atom is -0.483 e. The van der Waals surface area contributed by atoms with Gasteiger partial charge in [-0.15, -0.1) is 0 Å². The monoisotopic (exact) mass is 512 g/mol. The smallest absolute Gasteiger partial charge is 0.261 e. The number of rotatable bonds is 10. The van der Waals surface area contributed by atoms with Crippen molar-refractivity contribution in [3.8, 4) is 5.75 Å². The summed E-state index contributed by atoms with van der Waals surface area (Å²) in [5.74, 6) is 0.403. The van der Waals surface area contributed by atoms with Gasteiger partial charge in [-0.25, -0.2) is 0 Å². The molecular weight excluding hydrogens is 472 g/mol. The molecule has 0 saturated heterocycles. The van der Waals surface area contributed by atoms with Gasteiger partial charge in [0.15, 0.2) is 6.61 Å². The van der Waals surface area contributed by atoms with Gasteiger partial charge in [-0.05, 0) is 61.9 Å². The Morgan fingerprint density at radius 1 is 0.895 bits per heavy atom. The molecule has 2 amide bonds. The van der Waals surface area contributed by atoms with E-state index in [1.165, 1.54) is 6.42 Å². The molecule has 3 aromatic carbocycles. The van der Waals surface area contributed by atoms with Gasteiger partial charge in [0, 0.05) is 19.0 Å². The van der Waals surface area contributed by atoms with Crippen molar-refractivity contribution in [2.75, 3.05) is 6.61 Å². The summed E-state index contributed by atoms with van der Waals surface area (Å²) in [5, 5.41) is 3.29. The number of amides is 2. The predicted octanol–water partition coefficient (Wildman–Crippen LogP) is 6.08. The first kappa shape index (κ1) is 27.4. The van der Waals surface area contributed by atoms with Crippen molar-refractivity contribution >= 4 is 11.8 Å². The maximum atomic E-state index is 13.9. The fraction of sp³-hybridized carbons (Fsp3) is 0.394. The van der Waals surface area contributed by atoms with E-state index < -0.39 is 6.04 Å². The third-order valence-corrected chi connectivity index (χ3v) is 7.56. The second kappa shape index (κ2) is 13.3. The number of ether oxygens (including phenoxy) is 1. The van der Waals surface area contributed by atoms with Gasteiger partial charge in [0.05, 0.1) is 0 Å². The molecule has 4 rings (SSSR count). The van der Waals surface area contributed by atoms with Crippen LogP contribution in [-0.2, 0) is 22.6 Å². The van der Waals surface area contributed by atoms with Gasteiger partial charge < -0.3 is 15.0 Å². The molecule has 38 heavy (non-hydrogen) atoms. The van der Waals surface area contributed by atoms with Crippen molar-refractivity contribution in [1.29, 1.82) is 0 Å². The lowest BCUT2D eigenvalue weighted by Crippen LogP contribution is -2.53. The summed E-state index contributed by atoms with van der Waals surface area (Å²) in [5.41, 5.74) is 5.26. The van der Waals surface area contributed by atoms with Crippen LogP contribution in [0.25, 0.3) is 0 Å². The van der Waals surface area contributed by atoms with Crippen molar-refractivity contribution in [3.63, 3.8) is 0 Å². The van der Waals surface area contributed by atoms with Crippen molar-refractivity contribution in [2.24, 2.45) is 0 Å². The zero-order valence-electron chi connectivity index (χ0n) is 22.9. The number of carbonyl (C=O) groups excluding carboxylic acids is 2. The van der Waals surface area contributed by atoms with Gasteiger partial charge >= 0.3 is 0 Å². The fourth-order valence-corrected chi connectivity index (χ4v) is 5.21. The number of benzene rings is 3. The van der Waals surface area contributed by atoms with Crippen LogP contribution in [0, 0.1) is 20.8 Å². The molecule has 0 aromatic heterocycles. The number of carbonyl (C=O) groups is 2. The summed E-state index contributed by atoms with van der Waals surface area (Å²) in [6.45, 7) is 6.27. The Kier molecular flexibility index (Phi) is 9.58. The summed E-state index contributed by atoms with van der Waals surface area (Å²) < 4.78 is 6.03. The average Bonchev–Trinajstić information content (AvgIpc) is 2.92. The number of nitrogens with one attached hydrogen (secondary N) is 1. The van der Waals surface area contributed by atoms with Crippen LogP contribution in [0.15, 0.2) is 72.8 Å². The number of aryl methyl sites for hydroxylation is 2. The van der Waals surface area contributed by atoms with Crippen molar-refractivity contribution in [3.05, 3.63) is 101 Å². The number of hydrogen-bond acceptors (Lipinski definition) is 3. The lowest BCUT2D eigenvalue weighted by atomic mass is 9.94. The minimum absolute atomic E-state index is 0.0894. The Labute approximate surface area is 227 Å². The second-order valence-electron chi connectivity index (χ2n) is 10.5. The first-order chi connectivity index (χ1) is 18.4. The molecule has 0 aliphatic heterocycles. The first-order valence-corrected chi connectivity index (χ1v) is 13.8. The molecule has 1 fully saturated rings. The van der Waals surface area contributed by atoms with Gasteiger partial charge in [0.25, 0.3) is 5.91 Å². The van der Waals surface area contributed by atoms with Crippen molar-refractivity contribution in [2.45, 2.75) is 77.9 Å². The Balaban J connectivity index is 1.62. The van der Waals surface area contributed by atoms with Crippen molar-refractivity contribution < 1.29 is 14.3 Å². The van der Waals surface area contributed by atoms with Crippen LogP contribution in [0.2, 0.25) is 0 Å². The Morgan fingerprint density at radius 2 is 1.61 bits per heavy atom. The molecule has 1 atom stereocenters. The molecule has 5 heteroatoms. The standard InChI is InChI=1S/C33H40N2O3/c1-24-12-10-16-28(20-24)22-35(32(36)23-38-31-19-11-13-25(2)26(31)3)30(21-27-14-6-4-7-15-27)33(37)34-29-17-8-5-9-18-29/h4,6-7,10-16,19-20,29-30H,5,8-9,17-18,21-23H2,1-3H3,(H,34,37)/t30-/m1/s1. The van der Waals surface area contributed by atoms with E-state index in [1.807, 2.05) is 87.5 Å². The molecule has 200 valence electrons. The molecule has 1 aliphatic rings. The molecular formula is C33H40N2O3. The largest absolute Gasteiger partial charge is 0.483 e. The molecule has 0 spiro atoms. The van der Waals surface area contributed by atoms with E-state index in [1.54, 1.807) is 4.90 Å². The summed E-state index contributed by atoms with van der Waals surface area (Å²) >= 11 is 0. The van der Waals surface area contributed by atoms with Gasteiger partial charge in [-0.3, -0.25) is 9.59 Å². The molecule has 1 aliphatic carbocycles.